The van der Waals surface area contributed by atoms with Crippen molar-refractivity contribution in [2.45, 2.75) is 26.2 Å². The van der Waals surface area contributed by atoms with E-state index < -0.39 is 4.92 Å². The Kier molecular flexibility index (Phi) is 4.27. The van der Waals surface area contributed by atoms with Gasteiger partial charge in [0.15, 0.2) is 5.75 Å². The van der Waals surface area contributed by atoms with E-state index in [1.165, 1.54) is 17.0 Å². The first kappa shape index (κ1) is 17.4. The van der Waals surface area contributed by atoms with Crippen molar-refractivity contribution >= 4 is 39.4 Å². The lowest BCUT2D eigenvalue weighted by Gasteiger charge is -2.17. The molecule has 0 radical (unpaired) electrons. The fourth-order valence-corrected chi connectivity index (χ4v) is 4.80. The Morgan fingerprint density at radius 3 is 3.00 bits per heavy atom. The molecule has 1 aliphatic carbocycles. The fraction of sp³-hybridized carbons (Fsp3) is 0.263. The predicted octanol–water partition coefficient (Wildman–Crippen LogP) is 3.89. The van der Waals surface area contributed by atoms with Gasteiger partial charge in [0.05, 0.1) is 10.3 Å². The van der Waals surface area contributed by atoms with Crippen LogP contribution >= 0.6 is 11.3 Å². The van der Waals surface area contributed by atoms with Gasteiger partial charge in [0.1, 0.15) is 10.7 Å². The number of phenols is 1. The maximum Gasteiger partial charge on any atom is 0.311 e. The number of rotatable bonds is 3. The number of fused-ring (bicyclic) bond motifs is 3. The summed E-state index contributed by atoms with van der Waals surface area (Å²) < 4.78 is 0. The molecule has 2 heterocycles. The van der Waals surface area contributed by atoms with Crippen LogP contribution < -0.4 is 5.56 Å². The van der Waals surface area contributed by atoms with Gasteiger partial charge in [0.2, 0.25) is 0 Å². The minimum atomic E-state index is -0.643. The molecule has 138 valence electrons. The molecule has 4 rings (SSSR count). The number of nitrogens with one attached hydrogen (secondary N) is 1. The summed E-state index contributed by atoms with van der Waals surface area (Å²) in [5.74, 6) is 0.632. The number of hydrogen-bond acceptors (Lipinski definition) is 6. The van der Waals surface area contributed by atoms with Crippen LogP contribution in [0.25, 0.3) is 22.4 Å². The number of phenolic OH excluding ortho intramolecular Hbond substituents is 1. The van der Waals surface area contributed by atoms with Crippen LogP contribution in [0.5, 0.6) is 5.75 Å². The second-order valence-corrected chi connectivity index (χ2v) is 7.91. The Hall–Kier alpha value is -3.00. The van der Waals surface area contributed by atoms with Crippen molar-refractivity contribution in [2.75, 3.05) is 0 Å². The number of nitrogens with zero attached hydrogens (tertiary/aromatic N) is 2. The van der Waals surface area contributed by atoms with Gasteiger partial charge in [-0.1, -0.05) is 19.1 Å². The van der Waals surface area contributed by atoms with E-state index in [1.807, 2.05) is 0 Å². The van der Waals surface area contributed by atoms with E-state index >= 15 is 0 Å². The van der Waals surface area contributed by atoms with Crippen molar-refractivity contribution in [3.8, 4) is 5.75 Å². The summed E-state index contributed by atoms with van der Waals surface area (Å²) in [4.78, 5) is 32.2. The average molecular weight is 383 g/mol. The van der Waals surface area contributed by atoms with Crippen molar-refractivity contribution in [3.63, 3.8) is 0 Å². The highest BCUT2D eigenvalue weighted by Crippen LogP contribution is 2.35. The third-order valence-electron chi connectivity index (χ3n) is 4.81. The van der Waals surface area contributed by atoms with Crippen LogP contribution in [0, 0.1) is 16.0 Å². The molecule has 2 N–H and O–H groups in total. The van der Waals surface area contributed by atoms with Crippen molar-refractivity contribution in [3.05, 3.63) is 60.5 Å². The van der Waals surface area contributed by atoms with Gasteiger partial charge in [-0.3, -0.25) is 14.9 Å². The van der Waals surface area contributed by atoms with Crippen LogP contribution in [0.2, 0.25) is 0 Å². The summed E-state index contributed by atoms with van der Waals surface area (Å²) in [6.07, 6.45) is 6.20. The van der Waals surface area contributed by atoms with Crippen LogP contribution in [0.15, 0.2) is 23.0 Å². The average Bonchev–Trinajstić information content (AvgIpc) is 2.98. The summed E-state index contributed by atoms with van der Waals surface area (Å²) in [6, 6.07) is 4.10. The monoisotopic (exact) mass is 383 g/mol. The first-order chi connectivity index (χ1) is 12.9. The van der Waals surface area contributed by atoms with Crippen LogP contribution in [0.3, 0.4) is 0 Å². The second-order valence-electron chi connectivity index (χ2n) is 6.82. The van der Waals surface area contributed by atoms with E-state index in [1.54, 1.807) is 29.6 Å². The molecule has 0 unspecified atom stereocenters. The summed E-state index contributed by atoms with van der Waals surface area (Å²) in [5, 5.41) is 21.1. The number of nitro benzene ring substituents is 1. The third kappa shape index (κ3) is 3.23. The van der Waals surface area contributed by atoms with E-state index in [0.29, 0.717) is 22.7 Å². The number of nitro groups is 1. The normalized spacial score (nSPS) is 16.7. The molecule has 0 aliphatic heterocycles. The molecule has 1 aliphatic rings. The molecule has 0 saturated heterocycles. The Labute approximate surface area is 158 Å². The van der Waals surface area contributed by atoms with E-state index in [0.717, 1.165) is 29.7 Å². The molecule has 0 saturated carbocycles. The molecular formula is C19H17N3O4S. The van der Waals surface area contributed by atoms with Crippen LogP contribution in [0.4, 0.5) is 5.69 Å². The summed E-state index contributed by atoms with van der Waals surface area (Å²) in [7, 11) is 0. The third-order valence-corrected chi connectivity index (χ3v) is 5.96. The topological polar surface area (TPSA) is 109 Å². The number of aromatic nitrogens is 2. The van der Waals surface area contributed by atoms with Crippen LogP contribution in [-0.2, 0) is 12.8 Å². The van der Waals surface area contributed by atoms with Crippen molar-refractivity contribution in [1.82, 2.24) is 9.97 Å². The molecule has 1 aromatic carbocycles. The number of aromatic amines is 1. The minimum absolute atomic E-state index is 0.150. The zero-order chi connectivity index (χ0) is 19.1. The predicted molar refractivity (Wildman–Crippen MR) is 105 cm³/mol. The number of H-pyrrole nitrogens is 1. The number of aromatic hydroxyl groups is 1. The Morgan fingerprint density at radius 2 is 2.22 bits per heavy atom. The van der Waals surface area contributed by atoms with Gasteiger partial charge in [0.25, 0.3) is 5.56 Å². The maximum absolute atomic E-state index is 12.6. The molecular weight excluding hydrogens is 366 g/mol. The van der Waals surface area contributed by atoms with Crippen molar-refractivity contribution in [1.29, 1.82) is 0 Å². The molecule has 2 aromatic heterocycles. The molecule has 27 heavy (non-hydrogen) atoms. The van der Waals surface area contributed by atoms with E-state index in [9.17, 15) is 20.0 Å². The second kappa shape index (κ2) is 6.62. The van der Waals surface area contributed by atoms with Crippen LogP contribution in [0.1, 0.15) is 35.2 Å². The smallest absolute Gasteiger partial charge is 0.311 e. The van der Waals surface area contributed by atoms with Gasteiger partial charge in [-0.05, 0) is 48.4 Å². The highest BCUT2D eigenvalue weighted by atomic mass is 32.1. The Morgan fingerprint density at radius 1 is 1.41 bits per heavy atom. The fourth-order valence-electron chi connectivity index (χ4n) is 3.41. The summed E-state index contributed by atoms with van der Waals surface area (Å²) in [5.41, 5.74) is 1.14. The van der Waals surface area contributed by atoms with Gasteiger partial charge in [0, 0.05) is 10.9 Å². The van der Waals surface area contributed by atoms with Crippen molar-refractivity contribution < 1.29 is 10.0 Å². The Bertz CT molecular complexity index is 1150. The van der Waals surface area contributed by atoms with Gasteiger partial charge in [-0.15, -0.1) is 11.3 Å². The lowest BCUT2D eigenvalue weighted by molar-refractivity contribution is -0.385. The van der Waals surface area contributed by atoms with Gasteiger partial charge in [-0.2, -0.15) is 0 Å². The van der Waals surface area contributed by atoms with E-state index in [2.05, 4.69) is 16.9 Å². The summed E-state index contributed by atoms with van der Waals surface area (Å²) >= 11 is 1.57. The molecule has 0 amide bonds. The zero-order valence-electron chi connectivity index (χ0n) is 14.6. The van der Waals surface area contributed by atoms with Gasteiger partial charge in [-0.25, -0.2) is 4.98 Å². The highest BCUT2D eigenvalue weighted by molar-refractivity contribution is 7.18. The van der Waals surface area contributed by atoms with E-state index in [-0.39, 0.29) is 17.0 Å². The number of hydrogen-bond donors (Lipinski definition) is 2. The van der Waals surface area contributed by atoms with E-state index in [4.69, 9.17) is 0 Å². The first-order valence-electron chi connectivity index (χ1n) is 8.62. The maximum atomic E-state index is 12.6. The zero-order valence-corrected chi connectivity index (χ0v) is 15.4. The lowest BCUT2D eigenvalue weighted by atomic mass is 9.89. The largest absolute Gasteiger partial charge is 0.502 e. The lowest BCUT2D eigenvalue weighted by Crippen LogP contribution is -2.13. The minimum Gasteiger partial charge on any atom is -0.502 e. The molecule has 1 atom stereocenters. The molecule has 0 bridgehead atoms. The molecule has 0 fully saturated rings. The number of thiophene rings is 1. The highest BCUT2D eigenvalue weighted by Gasteiger charge is 2.22. The van der Waals surface area contributed by atoms with Crippen LogP contribution in [-0.4, -0.2) is 20.0 Å². The molecule has 3 aromatic rings. The molecule has 7 nitrogen and oxygen atoms in total. The van der Waals surface area contributed by atoms with Gasteiger partial charge < -0.3 is 10.1 Å². The standard InChI is InChI=1S/C19H17N3O4S/c1-10-2-5-12-15(8-10)27-19-17(12)18(24)20-16(21-19)7-4-11-3-6-14(23)13(9-11)22(25)26/h3-4,6-7,9-10,23H,2,5,8H2,1H3,(H,20,21,24)/b7-4+/t10-/m1/s1. The first-order valence-corrected chi connectivity index (χ1v) is 9.44. The number of aryl methyl sites for hydroxylation is 1. The quantitative estimate of drug-likeness (QED) is 0.527. The molecule has 0 spiro atoms. The SMILES string of the molecule is C[C@@H]1CCc2c(sc3nc(/C=C/c4ccc(O)c([N+](=O)[O-])c4)[nH]c(=O)c23)C1. The number of benzene rings is 1. The molecule has 8 heteroatoms. The van der Waals surface area contributed by atoms with Gasteiger partial charge >= 0.3 is 5.69 Å². The summed E-state index contributed by atoms with van der Waals surface area (Å²) in [6.45, 7) is 2.22. The van der Waals surface area contributed by atoms with Crippen molar-refractivity contribution in [2.24, 2.45) is 5.92 Å². The Balaban J connectivity index is 1.71.